The van der Waals surface area contributed by atoms with E-state index in [0.29, 0.717) is 0 Å². The number of hydrogen-bond acceptors (Lipinski definition) is 1. The van der Waals surface area contributed by atoms with Gasteiger partial charge in [0.15, 0.2) is 0 Å². The molecule has 1 aromatic rings. The van der Waals surface area contributed by atoms with Crippen molar-refractivity contribution < 1.29 is 0 Å². The minimum absolute atomic E-state index is 0.161. The number of hydrogen-bond donors (Lipinski definition) is 2. The average Bonchev–Trinajstić information content (AvgIpc) is 1.88. The molecule has 0 saturated heterocycles. The molecule has 3 heteroatoms. The summed E-state index contributed by atoms with van der Waals surface area (Å²) in [5.41, 5.74) is 5.76. The summed E-state index contributed by atoms with van der Waals surface area (Å²) in [6.07, 6.45) is 0. The Morgan fingerprint density at radius 3 is 2.40 bits per heavy atom. The molecule has 0 spiro atoms. The lowest BCUT2D eigenvalue weighted by molar-refractivity contribution is 1.18. The first-order valence-electron chi connectivity index (χ1n) is 2.90. The van der Waals surface area contributed by atoms with Crippen molar-refractivity contribution in [3.05, 3.63) is 30.3 Å². The molecule has 0 heterocycles. The number of nitrogens with two attached hydrogens (primary N) is 1. The zero-order chi connectivity index (χ0) is 7.40. The molecule has 0 atom stereocenters. The Morgan fingerprint density at radius 1 is 1.30 bits per heavy atom. The summed E-state index contributed by atoms with van der Waals surface area (Å²) in [6, 6.07) is 9.17. The van der Waals surface area contributed by atoms with Crippen molar-refractivity contribution in [2.45, 2.75) is 0 Å². The molecule has 51 valence electrons. The summed E-state index contributed by atoms with van der Waals surface area (Å²) in [7, 11) is 0. The van der Waals surface area contributed by atoms with E-state index in [2.05, 4.69) is 5.32 Å². The average molecular weight is 134 g/mol. The van der Waals surface area contributed by atoms with E-state index in [1.165, 1.54) is 0 Å². The van der Waals surface area contributed by atoms with Crippen LogP contribution in [0.5, 0.6) is 0 Å². The van der Waals surface area contributed by atoms with Crippen molar-refractivity contribution in [2.75, 3.05) is 0 Å². The highest BCUT2D eigenvalue weighted by molar-refractivity contribution is 5.79. The fourth-order valence-electron chi connectivity index (χ4n) is 0.642. The molecule has 1 aromatic carbocycles. The van der Waals surface area contributed by atoms with E-state index in [1.807, 2.05) is 18.2 Å². The predicted molar refractivity (Wildman–Crippen MR) is 40.2 cm³/mol. The van der Waals surface area contributed by atoms with Gasteiger partial charge in [-0.1, -0.05) is 18.2 Å². The molecule has 1 rings (SSSR count). The summed E-state index contributed by atoms with van der Waals surface area (Å²) in [4.78, 5) is 0. The molecule has 0 aliphatic rings. The van der Waals surface area contributed by atoms with Gasteiger partial charge in [-0.25, -0.2) is 5.32 Å². The van der Waals surface area contributed by atoms with Gasteiger partial charge in [0.1, 0.15) is 0 Å². The zero-order valence-corrected chi connectivity index (χ0v) is 5.41. The van der Waals surface area contributed by atoms with E-state index in [1.54, 1.807) is 12.1 Å². The second-order valence-electron chi connectivity index (χ2n) is 1.83. The van der Waals surface area contributed by atoms with Crippen LogP contribution in [0.25, 0.3) is 0 Å². The molecule has 0 aliphatic heterocycles. The third-order valence-electron chi connectivity index (χ3n) is 1.01. The standard InChI is InChI=1S/C7H8N3/c8-7(9)10-6-4-2-1-3-5-6/h1-5H,(H3,8,9). The first-order chi connectivity index (χ1) is 4.79. The normalized spacial score (nSPS) is 8.80. The maximum absolute atomic E-state index is 6.84. The van der Waals surface area contributed by atoms with Crippen LogP contribution in [0.2, 0.25) is 0 Å². The largest absolute Gasteiger partial charge is 0.368 e. The van der Waals surface area contributed by atoms with E-state index in [4.69, 9.17) is 11.1 Å². The minimum atomic E-state index is -0.161. The molecule has 1 radical (unpaired) electrons. The number of nitrogens with zero attached hydrogens (tertiary/aromatic N) is 1. The van der Waals surface area contributed by atoms with E-state index in [-0.39, 0.29) is 5.96 Å². The highest BCUT2D eigenvalue weighted by Crippen LogP contribution is 2.03. The Morgan fingerprint density at radius 2 is 1.90 bits per heavy atom. The van der Waals surface area contributed by atoms with Crippen molar-refractivity contribution in [1.29, 1.82) is 5.41 Å². The van der Waals surface area contributed by atoms with Crippen molar-refractivity contribution in [3.63, 3.8) is 0 Å². The molecular formula is C7H8N3. The van der Waals surface area contributed by atoms with E-state index in [0.717, 1.165) is 5.69 Å². The molecule has 0 fully saturated rings. The first-order valence-corrected chi connectivity index (χ1v) is 2.90. The Bertz CT molecular complexity index is 218. The van der Waals surface area contributed by atoms with Crippen molar-refractivity contribution in [1.82, 2.24) is 5.32 Å². The van der Waals surface area contributed by atoms with E-state index in [9.17, 15) is 0 Å². The Labute approximate surface area is 59.4 Å². The molecule has 0 saturated carbocycles. The molecule has 3 N–H and O–H groups in total. The molecule has 0 aliphatic carbocycles. The molecule has 0 amide bonds. The monoisotopic (exact) mass is 134 g/mol. The summed E-state index contributed by atoms with van der Waals surface area (Å²) in [5, 5.41) is 10.6. The van der Waals surface area contributed by atoms with Crippen LogP contribution in [0.4, 0.5) is 5.69 Å². The zero-order valence-electron chi connectivity index (χ0n) is 5.41. The number of benzene rings is 1. The predicted octanol–water partition coefficient (Wildman–Crippen LogP) is 0.816. The van der Waals surface area contributed by atoms with Crippen molar-refractivity contribution >= 4 is 11.6 Å². The molecule has 3 nitrogen and oxygen atoms in total. The Kier molecular flexibility index (Phi) is 1.89. The lowest BCUT2D eigenvalue weighted by Gasteiger charge is -1.96. The van der Waals surface area contributed by atoms with Crippen LogP contribution in [-0.4, -0.2) is 5.96 Å². The molecular weight excluding hydrogens is 126 g/mol. The maximum atomic E-state index is 6.84. The van der Waals surface area contributed by atoms with Crippen LogP contribution in [0.3, 0.4) is 0 Å². The maximum Gasteiger partial charge on any atom is 0.212 e. The quantitative estimate of drug-likeness (QED) is 0.433. The van der Waals surface area contributed by atoms with Gasteiger partial charge < -0.3 is 5.73 Å². The molecule has 0 bridgehead atoms. The highest BCUT2D eigenvalue weighted by Gasteiger charge is 1.90. The van der Waals surface area contributed by atoms with Crippen LogP contribution >= 0.6 is 0 Å². The van der Waals surface area contributed by atoms with Crippen LogP contribution in [-0.2, 0) is 0 Å². The van der Waals surface area contributed by atoms with E-state index >= 15 is 0 Å². The van der Waals surface area contributed by atoms with Gasteiger partial charge in [0.05, 0.1) is 5.69 Å². The summed E-state index contributed by atoms with van der Waals surface area (Å²) < 4.78 is 0. The molecule has 0 unspecified atom stereocenters. The number of rotatable bonds is 1. The van der Waals surface area contributed by atoms with Gasteiger partial charge >= 0.3 is 0 Å². The van der Waals surface area contributed by atoms with Crippen LogP contribution in [0.1, 0.15) is 0 Å². The fourth-order valence-corrected chi connectivity index (χ4v) is 0.642. The van der Waals surface area contributed by atoms with Gasteiger partial charge in [0, 0.05) is 0 Å². The third-order valence-corrected chi connectivity index (χ3v) is 1.01. The van der Waals surface area contributed by atoms with Crippen LogP contribution in [0, 0.1) is 5.41 Å². The first kappa shape index (κ1) is 6.61. The van der Waals surface area contributed by atoms with E-state index < -0.39 is 0 Å². The third kappa shape index (κ3) is 1.78. The second-order valence-corrected chi connectivity index (χ2v) is 1.83. The minimum Gasteiger partial charge on any atom is -0.368 e. The highest BCUT2D eigenvalue weighted by atomic mass is 15.0. The van der Waals surface area contributed by atoms with Crippen LogP contribution < -0.4 is 11.1 Å². The van der Waals surface area contributed by atoms with Crippen LogP contribution in [0.15, 0.2) is 30.3 Å². The lowest BCUT2D eigenvalue weighted by Crippen LogP contribution is -2.19. The number of para-hydroxylation sites is 1. The fraction of sp³-hybridized carbons (Fsp3) is 0. The van der Waals surface area contributed by atoms with Gasteiger partial charge in [-0.05, 0) is 12.1 Å². The van der Waals surface area contributed by atoms with Crippen molar-refractivity contribution in [3.8, 4) is 0 Å². The Balaban J connectivity index is 2.67. The van der Waals surface area contributed by atoms with Gasteiger partial charge in [-0.15, -0.1) is 0 Å². The summed E-state index contributed by atoms with van der Waals surface area (Å²) >= 11 is 0. The second kappa shape index (κ2) is 2.87. The molecule has 10 heavy (non-hydrogen) atoms. The van der Waals surface area contributed by atoms with Gasteiger partial charge in [0.25, 0.3) is 0 Å². The summed E-state index contributed by atoms with van der Waals surface area (Å²) in [5.74, 6) is -0.161. The number of guanidine groups is 1. The van der Waals surface area contributed by atoms with Crippen molar-refractivity contribution in [2.24, 2.45) is 5.73 Å². The number of nitrogens with one attached hydrogen (secondary N) is 1. The SMILES string of the molecule is N=C(N)[N]c1ccccc1. The van der Waals surface area contributed by atoms with Gasteiger partial charge in [-0.2, -0.15) is 0 Å². The van der Waals surface area contributed by atoms with Gasteiger partial charge in [0.2, 0.25) is 5.96 Å². The smallest absolute Gasteiger partial charge is 0.212 e. The van der Waals surface area contributed by atoms with Gasteiger partial charge in [-0.3, -0.25) is 5.41 Å². The Hall–Kier alpha value is -1.51. The lowest BCUT2D eigenvalue weighted by atomic mass is 10.3. The topological polar surface area (TPSA) is 64.0 Å². The summed E-state index contributed by atoms with van der Waals surface area (Å²) in [6.45, 7) is 0. The molecule has 0 aromatic heterocycles.